The SMILES string of the molecule is COC[C@@H](C)NC1CCC(N)(c2cc(-c3csc(NCC4CCOCC4)n3)c(Cl)cn2)CC1. The second-order valence-electron chi connectivity index (χ2n) is 9.48. The van der Waals surface area contributed by atoms with E-state index in [-0.39, 0.29) is 0 Å². The lowest BCUT2D eigenvalue weighted by Crippen LogP contribution is -2.48. The summed E-state index contributed by atoms with van der Waals surface area (Å²) in [5, 5.41) is 10.7. The van der Waals surface area contributed by atoms with Gasteiger partial charge in [-0.05, 0) is 57.4 Å². The number of nitrogens with two attached hydrogens (primary N) is 1. The summed E-state index contributed by atoms with van der Waals surface area (Å²) in [4.78, 5) is 9.43. The number of anilines is 1. The molecule has 2 fully saturated rings. The van der Waals surface area contributed by atoms with Crippen LogP contribution in [0.15, 0.2) is 17.6 Å². The van der Waals surface area contributed by atoms with Crippen molar-refractivity contribution in [3.63, 3.8) is 0 Å². The fourth-order valence-corrected chi connectivity index (χ4v) is 5.75. The Morgan fingerprint density at radius 2 is 2.06 bits per heavy atom. The van der Waals surface area contributed by atoms with Crippen LogP contribution in [0.3, 0.4) is 0 Å². The fraction of sp³-hybridized carbons (Fsp3) is 0.667. The van der Waals surface area contributed by atoms with Gasteiger partial charge in [0.2, 0.25) is 0 Å². The molecule has 4 N–H and O–H groups in total. The summed E-state index contributed by atoms with van der Waals surface area (Å²) >= 11 is 8.15. The quantitative estimate of drug-likeness (QED) is 0.476. The van der Waals surface area contributed by atoms with Crippen molar-refractivity contribution in [2.75, 3.05) is 38.8 Å². The highest BCUT2D eigenvalue weighted by Crippen LogP contribution is 2.38. The molecule has 1 aliphatic carbocycles. The number of methoxy groups -OCH3 is 1. The van der Waals surface area contributed by atoms with Crippen molar-refractivity contribution in [2.45, 2.75) is 63.1 Å². The van der Waals surface area contributed by atoms with E-state index < -0.39 is 5.54 Å². The fourth-order valence-electron chi connectivity index (χ4n) is 4.82. The largest absolute Gasteiger partial charge is 0.383 e. The Labute approximate surface area is 205 Å². The molecule has 0 bridgehead atoms. The number of nitrogens with one attached hydrogen (secondary N) is 2. The van der Waals surface area contributed by atoms with Gasteiger partial charge >= 0.3 is 0 Å². The van der Waals surface area contributed by atoms with E-state index >= 15 is 0 Å². The second kappa shape index (κ2) is 11.4. The normalized spacial score (nSPS) is 25.2. The zero-order chi connectivity index (χ0) is 23.3. The lowest BCUT2D eigenvalue weighted by molar-refractivity contribution is 0.0699. The van der Waals surface area contributed by atoms with Gasteiger partial charge in [-0.15, -0.1) is 11.3 Å². The van der Waals surface area contributed by atoms with E-state index in [9.17, 15) is 0 Å². The second-order valence-corrected chi connectivity index (χ2v) is 10.7. The molecule has 2 aromatic heterocycles. The third-order valence-corrected chi connectivity index (χ3v) is 7.94. The van der Waals surface area contributed by atoms with Gasteiger partial charge in [0.15, 0.2) is 5.13 Å². The Balaban J connectivity index is 1.40. The molecule has 0 spiro atoms. The van der Waals surface area contributed by atoms with Crippen molar-refractivity contribution in [2.24, 2.45) is 11.7 Å². The first-order chi connectivity index (χ1) is 16.0. The average molecular weight is 494 g/mol. The Hall–Kier alpha value is -1.29. The molecule has 3 heterocycles. The lowest BCUT2D eigenvalue weighted by Gasteiger charge is -2.38. The number of hydrogen-bond acceptors (Lipinski definition) is 8. The summed E-state index contributed by atoms with van der Waals surface area (Å²) in [6.07, 6.45) is 7.72. The van der Waals surface area contributed by atoms with Crippen molar-refractivity contribution < 1.29 is 9.47 Å². The lowest BCUT2D eigenvalue weighted by atomic mass is 9.77. The van der Waals surface area contributed by atoms with E-state index in [0.717, 1.165) is 80.4 Å². The van der Waals surface area contributed by atoms with Gasteiger partial charge in [-0.2, -0.15) is 0 Å². The molecule has 182 valence electrons. The van der Waals surface area contributed by atoms with Gasteiger partial charge in [-0.3, -0.25) is 4.98 Å². The van der Waals surface area contributed by atoms with E-state index in [0.29, 0.717) is 29.6 Å². The maximum atomic E-state index is 6.87. The number of pyridine rings is 1. The Kier molecular flexibility index (Phi) is 8.59. The number of ether oxygens (including phenoxy) is 2. The summed E-state index contributed by atoms with van der Waals surface area (Å²) in [6, 6.07) is 2.84. The molecule has 0 amide bonds. The van der Waals surface area contributed by atoms with Gasteiger partial charge in [0.1, 0.15) is 0 Å². The minimum Gasteiger partial charge on any atom is -0.383 e. The van der Waals surface area contributed by atoms with Crippen molar-refractivity contribution in [1.29, 1.82) is 0 Å². The molecule has 2 aliphatic rings. The monoisotopic (exact) mass is 493 g/mol. The third kappa shape index (κ3) is 6.44. The topological polar surface area (TPSA) is 94.3 Å². The average Bonchev–Trinajstić information content (AvgIpc) is 3.29. The zero-order valence-corrected chi connectivity index (χ0v) is 21.2. The molecular weight excluding hydrogens is 458 g/mol. The van der Waals surface area contributed by atoms with E-state index in [1.165, 1.54) is 0 Å². The van der Waals surface area contributed by atoms with E-state index in [1.54, 1.807) is 24.6 Å². The number of rotatable bonds is 9. The van der Waals surface area contributed by atoms with Gasteiger partial charge < -0.3 is 25.8 Å². The first-order valence-corrected chi connectivity index (χ1v) is 13.2. The minimum atomic E-state index is -0.442. The van der Waals surface area contributed by atoms with Gasteiger partial charge in [-0.1, -0.05) is 11.6 Å². The molecule has 33 heavy (non-hydrogen) atoms. The molecule has 9 heteroatoms. The summed E-state index contributed by atoms with van der Waals surface area (Å²) in [5.74, 6) is 0.640. The van der Waals surface area contributed by atoms with Crippen LogP contribution in [-0.2, 0) is 15.0 Å². The van der Waals surface area contributed by atoms with Crippen molar-refractivity contribution >= 4 is 28.1 Å². The smallest absolute Gasteiger partial charge is 0.183 e. The number of aromatic nitrogens is 2. The molecule has 0 aromatic carbocycles. The van der Waals surface area contributed by atoms with Crippen molar-refractivity contribution in [1.82, 2.24) is 15.3 Å². The van der Waals surface area contributed by atoms with Crippen molar-refractivity contribution in [3.8, 4) is 11.3 Å². The first-order valence-electron chi connectivity index (χ1n) is 11.9. The van der Waals surface area contributed by atoms with Gasteiger partial charge in [-0.25, -0.2) is 4.98 Å². The molecular formula is C24H36ClN5O2S. The van der Waals surface area contributed by atoms with Crippen LogP contribution < -0.4 is 16.4 Å². The minimum absolute atomic E-state index is 0.337. The summed E-state index contributed by atoms with van der Waals surface area (Å²) in [7, 11) is 1.74. The standard InChI is InChI=1S/C24H36ClN5O2S/c1-16(14-31-2)29-18-3-7-24(26,8-4-18)22-11-19(20(25)13-27-22)21-15-33-23(30-21)28-12-17-5-9-32-10-6-17/h11,13,15-18,29H,3-10,12,14,26H2,1-2H3,(H,28,30)/t16-,18?,24?/m1/s1. The van der Waals surface area contributed by atoms with Crippen LogP contribution in [0.1, 0.15) is 51.1 Å². The molecule has 1 saturated heterocycles. The molecule has 0 unspecified atom stereocenters. The summed E-state index contributed by atoms with van der Waals surface area (Å²) in [5.41, 5.74) is 9.09. The third-order valence-electron chi connectivity index (χ3n) is 6.84. The molecule has 2 aromatic rings. The van der Waals surface area contributed by atoms with Crippen molar-refractivity contribution in [3.05, 3.63) is 28.4 Å². The summed E-state index contributed by atoms with van der Waals surface area (Å²) < 4.78 is 10.7. The van der Waals surface area contributed by atoms with Gasteiger partial charge in [0.05, 0.1) is 28.6 Å². The highest BCUT2D eigenvalue weighted by Gasteiger charge is 2.35. The number of thiazole rings is 1. The molecule has 1 aliphatic heterocycles. The van der Waals surface area contributed by atoms with Crippen LogP contribution in [-0.4, -0.2) is 55.5 Å². The first kappa shape index (κ1) is 24.8. The van der Waals surface area contributed by atoms with Crippen LogP contribution >= 0.6 is 22.9 Å². The predicted octanol–water partition coefficient (Wildman–Crippen LogP) is 4.42. The van der Waals surface area contributed by atoms with E-state index in [1.807, 2.05) is 6.07 Å². The Morgan fingerprint density at radius 3 is 2.79 bits per heavy atom. The van der Waals surface area contributed by atoms with Gasteiger partial charge in [0.25, 0.3) is 0 Å². The molecule has 4 rings (SSSR count). The van der Waals surface area contributed by atoms with Crippen LogP contribution in [0, 0.1) is 5.92 Å². The van der Waals surface area contributed by atoms with Crippen LogP contribution in [0.2, 0.25) is 5.02 Å². The highest BCUT2D eigenvalue weighted by atomic mass is 35.5. The number of nitrogens with zero attached hydrogens (tertiary/aromatic N) is 2. The zero-order valence-electron chi connectivity index (χ0n) is 19.6. The number of halogens is 1. The molecule has 0 radical (unpaired) electrons. The van der Waals surface area contributed by atoms with E-state index in [2.05, 4.69) is 27.9 Å². The van der Waals surface area contributed by atoms with E-state index in [4.69, 9.17) is 31.8 Å². The predicted molar refractivity (Wildman–Crippen MR) is 135 cm³/mol. The molecule has 7 nitrogen and oxygen atoms in total. The highest BCUT2D eigenvalue weighted by molar-refractivity contribution is 7.14. The van der Waals surface area contributed by atoms with Crippen LogP contribution in [0.25, 0.3) is 11.3 Å². The van der Waals surface area contributed by atoms with Gasteiger partial charge in [0, 0.05) is 56.1 Å². The molecule has 1 saturated carbocycles. The maximum Gasteiger partial charge on any atom is 0.183 e. The summed E-state index contributed by atoms with van der Waals surface area (Å²) in [6.45, 7) is 5.51. The maximum absolute atomic E-state index is 6.87. The Morgan fingerprint density at radius 1 is 1.30 bits per heavy atom. The Bertz CT molecular complexity index is 897. The van der Waals surface area contributed by atoms with Crippen LogP contribution in [0.5, 0.6) is 0 Å². The van der Waals surface area contributed by atoms with Crippen LogP contribution in [0.4, 0.5) is 5.13 Å². The molecule has 1 atom stereocenters. The number of hydrogen-bond donors (Lipinski definition) is 3.